The zero-order valence-electron chi connectivity index (χ0n) is 6.49. The molecule has 0 aromatic carbocycles. The Hall–Kier alpha value is -0.950. The number of rotatable bonds is 4. The van der Waals surface area contributed by atoms with Gasteiger partial charge in [-0.15, -0.1) is 0 Å². The van der Waals surface area contributed by atoms with E-state index < -0.39 is 0 Å². The van der Waals surface area contributed by atoms with E-state index in [0.717, 1.165) is 18.8 Å². The van der Waals surface area contributed by atoms with Crippen LogP contribution in [0.4, 0.5) is 0 Å². The minimum absolute atomic E-state index is 0.718. The van der Waals surface area contributed by atoms with Gasteiger partial charge in [-0.05, 0) is 30.5 Å². The number of nitrogens with zero attached hydrogens (tertiary/aromatic N) is 3. The summed E-state index contributed by atoms with van der Waals surface area (Å²) < 4.78 is 0. The molecule has 0 fully saturated rings. The van der Waals surface area contributed by atoms with E-state index in [1.165, 1.54) is 6.20 Å². The highest BCUT2D eigenvalue weighted by Gasteiger charge is 1.88. The molecule has 0 aliphatic carbocycles. The van der Waals surface area contributed by atoms with Crippen LogP contribution >= 0.6 is 0 Å². The molecule has 0 radical (unpaired) electrons. The van der Waals surface area contributed by atoms with Gasteiger partial charge in [0.25, 0.3) is 0 Å². The van der Waals surface area contributed by atoms with Crippen molar-refractivity contribution in [2.75, 3.05) is 0 Å². The van der Waals surface area contributed by atoms with Crippen LogP contribution in [0.1, 0.15) is 26.7 Å². The molecule has 3 heteroatoms. The highest BCUT2D eigenvalue weighted by Crippen LogP contribution is 2.03. The van der Waals surface area contributed by atoms with Crippen molar-refractivity contribution in [3.8, 4) is 0 Å². The highest BCUT2D eigenvalue weighted by molar-refractivity contribution is 4.79. The van der Waals surface area contributed by atoms with Crippen LogP contribution in [-0.2, 0) is 0 Å². The molecule has 0 aromatic heterocycles. The molecule has 0 amide bonds. The zero-order chi connectivity index (χ0) is 7.82. The van der Waals surface area contributed by atoms with Gasteiger partial charge < -0.3 is 0 Å². The quantitative estimate of drug-likeness (QED) is 0.326. The lowest BCUT2D eigenvalue weighted by Gasteiger charge is -1.97. The summed E-state index contributed by atoms with van der Waals surface area (Å²) in [6, 6.07) is 0. The Balaban J connectivity index is 3.26. The van der Waals surface area contributed by atoms with Crippen molar-refractivity contribution in [3.63, 3.8) is 0 Å². The standard InChI is InChI=1S/C7H13N3/c1-7(2)5-3-4-6-9-10-8/h4,6-7H,3,5H2,1-2H3/b6-4+. The lowest BCUT2D eigenvalue weighted by Crippen LogP contribution is -1.83. The normalized spacial score (nSPS) is 10.3. The molecule has 10 heavy (non-hydrogen) atoms. The predicted molar refractivity (Wildman–Crippen MR) is 42.4 cm³/mol. The van der Waals surface area contributed by atoms with Gasteiger partial charge in [-0.3, -0.25) is 0 Å². The lowest BCUT2D eigenvalue weighted by molar-refractivity contribution is 0.594. The van der Waals surface area contributed by atoms with Crippen LogP contribution in [0, 0.1) is 5.92 Å². The molecular formula is C7H13N3. The van der Waals surface area contributed by atoms with Crippen molar-refractivity contribution < 1.29 is 0 Å². The minimum Gasteiger partial charge on any atom is -0.0823 e. The van der Waals surface area contributed by atoms with Gasteiger partial charge in [-0.25, -0.2) is 0 Å². The first-order chi connectivity index (χ1) is 4.77. The zero-order valence-corrected chi connectivity index (χ0v) is 6.49. The van der Waals surface area contributed by atoms with E-state index >= 15 is 0 Å². The highest BCUT2D eigenvalue weighted by atomic mass is 15.1. The van der Waals surface area contributed by atoms with E-state index in [2.05, 4.69) is 23.9 Å². The summed E-state index contributed by atoms with van der Waals surface area (Å²) >= 11 is 0. The molecule has 0 rings (SSSR count). The third-order valence-electron chi connectivity index (χ3n) is 1.13. The van der Waals surface area contributed by atoms with Crippen molar-refractivity contribution in [3.05, 3.63) is 22.7 Å². The Morgan fingerprint density at radius 3 is 2.80 bits per heavy atom. The van der Waals surface area contributed by atoms with Crippen LogP contribution in [0.5, 0.6) is 0 Å². The SMILES string of the molecule is CC(C)CC/C=C/N=[N+]=[N-]. The predicted octanol–water partition coefficient (Wildman–Crippen LogP) is 3.25. The summed E-state index contributed by atoms with van der Waals surface area (Å²) in [6.07, 6.45) is 5.54. The Morgan fingerprint density at radius 2 is 2.30 bits per heavy atom. The van der Waals surface area contributed by atoms with Crippen molar-refractivity contribution in [1.29, 1.82) is 0 Å². The molecule has 0 spiro atoms. The summed E-state index contributed by atoms with van der Waals surface area (Å²) in [5.41, 5.74) is 7.88. The van der Waals surface area contributed by atoms with E-state index in [9.17, 15) is 0 Å². The smallest absolute Gasteiger partial charge is 0.00474 e. The fraction of sp³-hybridized carbons (Fsp3) is 0.714. The molecule has 0 N–H and O–H groups in total. The molecule has 0 saturated heterocycles. The van der Waals surface area contributed by atoms with Gasteiger partial charge in [0.05, 0.1) is 0 Å². The van der Waals surface area contributed by atoms with Crippen molar-refractivity contribution in [2.24, 2.45) is 11.0 Å². The molecule has 0 unspecified atom stereocenters. The van der Waals surface area contributed by atoms with Gasteiger partial charge >= 0.3 is 0 Å². The molecule has 0 saturated carbocycles. The number of azide groups is 1. The van der Waals surface area contributed by atoms with Crippen molar-refractivity contribution >= 4 is 0 Å². The topological polar surface area (TPSA) is 48.8 Å². The van der Waals surface area contributed by atoms with Crippen molar-refractivity contribution in [1.82, 2.24) is 0 Å². The van der Waals surface area contributed by atoms with E-state index in [4.69, 9.17) is 5.53 Å². The third kappa shape index (κ3) is 7.05. The van der Waals surface area contributed by atoms with Crippen LogP contribution in [0.2, 0.25) is 0 Å². The fourth-order valence-corrected chi connectivity index (χ4v) is 0.581. The Labute approximate surface area is 61.4 Å². The first kappa shape index (κ1) is 9.05. The maximum atomic E-state index is 7.88. The first-order valence-corrected chi connectivity index (χ1v) is 3.46. The van der Waals surface area contributed by atoms with E-state index in [-0.39, 0.29) is 0 Å². The molecule has 0 bridgehead atoms. The monoisotopic (exact) mass is 139 g/mol. The molecule has 0 aliphatic rings. The molecule has 56 valence electrons. The summed E-state index contributed by atoms with van der Waals surface area (Å²) in [6.45, 7) is 4.34. The fourth-order valence-electron chi connectivity index (χ4n) is 0.581. The largest absolute Gasteiger partial charge is 0.0823 e. The van der Waals surface area contributed by atoms with Gasteiger partial charge in [0.15, 0.2) is 0 Å². The lowest BCUT2D eigenvalue weighted by atomic mass is 10.1. The number of allylic oxidation sites excluding steroid dienone is 1. The van der Waals surface area contributed by atoms with Crippen LogP contribution in [0.3, 0.4) is 0 Å². The van der Waals surface area contributed by atoms with Crippen LogP contribution in [0.15, 0.2) is 17.4 Å². The average molecular weight is 139 g/mol. The molecule has 0 atom stereocenters. The van der Waals surface area contributed by atoms with E-state index in [1.54, 1.807) is 0 Å². The summed E-state index contributed by atoms with van der Waals surface area (Å²) in [7, 11) is 0. The first-order valence-electron chi connectivity index (χ1n) is 3.46. The van der Waals surface area contributed by atoms with E-state index in [0.29, 0.717) is 0 Å². The average Bonchev–Trinajstić information content (AvgIpc) is 1.87. The summed E-state index contributed by atoms with van der Waals surface area (Å²) in [4.78, 5) is 2.59. The number of hydrogen-bond acceptors (Lipinski definition) is 1. The second-order valence-electron chi connectivity index (χ2n) is 2.56. The van der Waals surface area contributed by atoms with Crippen molar-refractivity contribution in [2.45, 2.75) is 26.7 Å². The van der Waals surface area contributed by atoms with Gasteiger partial charge in [-0.1, -0.05) is 25.0 Å². The van der Waals surface area contributed by atoms with Crippen LogP contribution in [0.25, 0.3) is 10.4 Å². The molecule has 0 aromatic rings. The summed E-state index contributed by atoms with van der Waals surface area (Å²) in [5.74, 6) is 0.718. The third-order valence-corrected chi connectivity index (χ3v) is 1.13. The minimum atomic E-state index is 0.718. The van der Waals surface area contributed by atoms with Gasteiger partial charge in [0.1, 0.15) is 0 Å². The molecule has 0 aliphatic heterocycles. The van der Waals surface area contributed by atoms with Gasteiger partial charge in [-0.2, -0.15) is 0 Å². The van der Waals surface area contributed by atoms with Crippen LogP contribution < -0.4 is 0 Å². The Bertz CT molecular complexity index is 143. The summed E-state index contributed by atoms with van der Waals surface area (Å²) in [5, 5.41) is 3.27. The number of hydrogen-bond donors (Lipinski definition) is 0. The van der Waals surface area contributed by atoms with Gasteiger partial charge in [0, 0.05) is 4.91 Å². The maximum absolute atomic E-state index is 7.88. The molecular weight excluding hydrogens is 126 g/mol. The van der Waals surface area contributed by atoms with Gasteiger partial charge in [0.2, 0.25) is 0 Å². The molecule has 0 heterocycles. The Kier molecular flexibility index (Phi) is 5.59. The second-order valence-corrected chi connectivity index (χ2v) is 2.56. The maximum Gasteiger partial charge on any atom is 0.00474 e. The second kappa shape index (κ2) is 6.17. The Morgan fingerprint density at radius 1 is 1.60 bits per heavy atom. The molecule has 3 nitrogen and oxygen atoms in total. The van der Waals surface area contributed by atoms with E-state index in [1.807, 2.05) is 6.08 Å². The van der Waals surface area contributed by atoms with Crippen LogP contribution in [-0.4, -0.2) is 0 Å².